The Morgan fingerprint density at radius 3 is 2.09 bits per heavy atom. The topological polar surface area (TPSA) is 61.4 Å². The van der Waals surface area contributed by atoms with Crippen molar-refractivity contribution in [2.24, 2.45) is 0 Å². The van der Waals surface area contributed by atoms with E-state index in [0.29, 0.717) is 42.7 Å². The summed E-state index contributed by atoms with van der Waals surface area (Å²) in [6, 6.07) is 15.1. The minimum Gasteiger partial charge on any atom is -0.352 e. The van der Waals surface area contributed by atoms with Crippen molar-refractivity contribution in [1.29, 1.82) is 0 Å². The smallest absolute Gasteiger partial charge is 0.352 e. The molecule has 1 saturated heterocycles. The van der Waals surface area contributed by atoms with Crippen LogP contribution in [-0.2, 0) is 6.18 Å². The van der Waals surface area contributed by atoms with Gasteiger partial charge in [0.1, 0.15) is 0 Å². The molecule has 10 heteroatoms. The van der Waals surface area contributed by atoms with Gasteiger partial charge in [0, 0.05) is 42.5 Å². The zero-order valence-electron chi connectivity index (χ0n) is 16.8. The SMILES string of the molecule is O=C(Nc1ccc(C(F)(F)F)cc1)N1CCN(c2ccc(-c3ccc(Cl)cc3)nn2)CC1. The second kappa shape index (κ2) is 9.04. The lowest BCUT2D eigenvalue weighted by molar-refractivity contribution is -0.137. The molecule has 0 unspecified atom stereocenters. The summed E-state index contributed by atoms with van der Waals surface area (Å²) in [5.74, 6) is 0.713. The van der Waals surface area contributed by atoms with Crippen LogP contribution in [0.1, 0.15) is 5.56 Å². The van der Waals surface area contributed by atoms with E-state index >= 15 is 0 Å². The number of amides is 2. The van der Waals surface area contributed by atoms with Crippen molar-refractivity contribution < 1.29 is 18.0 Å². The fourth-order valence-electron chi connectivity index (χ4n) is 3.35. The highest BCUT2D eigenvalue weighted by atomic mass is 35.5. The summed E-state index contributed by atoms with van der Waals surface area (Å²) in [6.45, 7) is 2.03. The first-order chi connectivity index (χ1) is 15.3. The van der Waals surface area contributed by atoms with Crippen molar-refractivity contribution in [3.8, 4) is 11.3 Å². The highest BCUT2D eigenvalue weighted by Gasteiger charge is 2.30. The predicted octanol–water partition coefficient (Wildman–Crippen LogP) is 5.17. The second-order valence-corrected chi connectivity index (χ2v) is 7.70. The minimum absolute atomic E-state index is 0.314. The lowest BCUT2D eigenvalue weighted by Crippen LogP contribution is -2.50. The average molecular weight is 462 g/mol. The maximum absolute atomic E-state index is 12.7. The van der Waals surface area contributed by atoms with Gasteiger partial charge in [-0.25, -0.2) is 4.79 Å². The Labute approximate surface area is 187 Å². The molecule has 1 aliphatic rings. The van der Waals surface area contributed by atoms with Crippen LogP contribution < -0.4 is 10.2 Å². The number of halogens is 4. The van der Waals surface area contributed by atoms with E-state index in [1.165, 1.54) is 12.1 Å². The Morgan fingerprint density at radius 2 is 1.53 bits per heavy atom. The number of alkyl halides is 3. The van der Waals surface area contributed by atoms with Crippen molar-refractivity contribution in [2.75, 3.05) is 36.4 Å². The first kappa shape index (κ1) is 21.9. The van der Waals surface area contributed by atoms with Gasteiger partial charge in [-0.3, -0.25) is 0 Å². The molecule has 32 heavy (non-hydrogen) atoms. The van der Waals surface area contributed by atoms with Gasteiger partial charge < -0.3 is 15.1 Å². The third-order valence-electron chi connectivity index (χ3n) is 5.14. The number of nitrogens with one attached hydrogen (secondary N) is 1. The predicted molar refractivity (Wildman–Crippen MR) is 117 cm³/mol. The maximum Gasteiger partial charge on any atom is 0.416 e. The molecule has 2 aromatic carbocycles. The van der Waals surface area contributed by atoms with E-state index < -0.39 is 11.7 Å². The number of hydrogen-bond acceptors (Lipinski definition) is 4. The molecule has 0 saturated carbocycles. The number of urea groups is 1. The van der Waals surface area contributed by atoms with Gasteiger partial charge in [0.15, 0.2) is 5.82 Å². The molecule has 2 heterocycles. The molecular formula is C22H19ClF3N5O. The number of rotatable bonds is 3. The zero-order valence-corrected chi connectivity index (χ0v) is 17.6. The van der Waals surface area contributed by atoms with Crippen LogP contribution in [0.3, 0.4) is 0 Å². The van der Waals surface area contributed by atoms with Crippen LogP contribution in [0.25, 0.3) is 11.3 Å². The van der Waals surface area contributed by atoms with Crippen LogP contribution in [0.2, 0.25) is 5.02 Å². The van der Waals surface area contributed by atoms with E-state index in [1.807, 2.05) is 29.2 Å². The van der Waals surface area contributed by atoms with E-state index in [1.54, 1.807) is 17.0 Å². The highest BCUT2D eigenvalue weighted by molar-refractivity contribution is 6.30. The van der Waals surface area contributed by atoms with E-state index in [-0.39, 0.29) is 6.03 Å². The molecule has 0 atom stereocenters. The second-order valence-electron chi connectivity index (χ2n) is 7.26. The van der Waals surface area contributed by atoms with Gasteiger partial charge in [0.2, 0.25) is 0 Å². The molecule has 3 aromatic rings. The van der Waals surface area contributed by atoms with E-state index in [4.69, 9.17) is 11.6 Å². The molecular weight excluding hydrogens is 443 g/mol. The van der Waals surface area contributed by atoms with Crippen LogP contribution in [0.4, 0.5) is 29.5 Å². The molecule has 2 amide bonds. The van der Waals surface area contributed by atoms with Gasteiger partial charge in [-0.1, -0.05) is 23.7 Å². The molecule has 1 fully saturated rings. The molecule has 0 radical (unpaired) electrons. The van der Waals surface area contributed by atoms with Crippen LogP contribution >= 0.6 is 11.6 Å². The van der Waals surface area contributed by atoms with E-state index in [9.17, 15) is 18.0 Å². The summed E-state index contributed by atoms with van der Waals surface area (Å²) < 4.78 is 38.0. The fraction of sp³-hybridized carbons (Fsp3) is 0.227. The van der Waals surface area contributed by atoms with Crippen LogP contribution in [0.15, 0.2) is 60.7 Å². The van der Waals surface area contributed by atoms with Crippen LogP contribution in [-0.4, -0.2) is 47.3 Å². The Kier molecular flexibility index (Phi) is 6.18. The maximum atomic E-state index is 12.7. The third kappa shape index (κ3) is 5.11. The molecule has 166 valence electrons. The van der Waals surface area contributed by atoms with Crippen LogP contribution in [0, 0.1) is 0 Å². The van der Waals surface area contributed by atoms with Gasteiger partial charge in [0.05, 0.1) is 11.3 Å². The first-order valence-electron chi connectivity index (χ1n) is 9.87. The van der Waals surface area contributed by atoms with Crippen molar-refractivity contribution in [2.45, 2.75) is 6.18 Å². The summed E-state index contributed by atoms with van der Waals surface area (Å²) >= 11 is 5.91. The molecule has 0 aliphatic carbocycles. The summed E-state index contributed by atoms with van der Waals surface area (Å²) in [6.07, 6.45) is -4.41. The molecule has 1 aliphatic heterocycles. The zero-order chi connectivity index (χ0) is 22.7. The number of benzene rings is 2. The van der Waals surface area contributed by atoms with Crippen molar-refractivity contribution in [1.82, 2.24) is 15.1 Å². The number of anilines is 2. The van der Waals surface area contributed by atoms with Gasteiger partial charge in [-0.05, 0) is 48.5 Å². The summed E-state index contributed by atoms with van der Waals surface area (Å²) in [5, 5.41) is 11.9. The van der Waals surface area contributed by atoms with Gasteiger partial charge in [-0.15, -0.1) is 10.2 Å². The van der Waals surface area contributed by atoms with Gasteiger partial charge in [0.25, 0.3) is 0 Å². The number of nitrogens with zero attached hydrogens (tertiary/aromatic N) is 4. The van der Waals surface area contributed by atoms with E-state index in [2.05, 4.69) is 15.5 Å². The van der Waals surface area contributed by atoms with E-state index in [0.717, 1.165) is 23.4 Å². The Morgan fingerprint density at radius 1 is 0.875 bits per heavy atom. The van der Waals surface area contributed by atoms with Crippen molar-refractivity contribution in [3.05, 3.63) is 71.2 Å². The number of carbonyl (C=O) groups excluding carboxylic acids is 1. The Balaban J connectivity index is 1.31. The third-order valence-corrected chi connectivity index (χ3v) is 5.40. The Bertz CT molecular complexity index is 1060. The normalized spacial score (nSPS) is 14.4. The lowest BCUT2D eigenvalue weighted by atomic mass is 10.1. The average Bonchev–Trinajstić information content (AvgIpc) is 2.80. The number of hydrogen-bond donors (Lipinski definition) is 1. The van der Waals surface area contributed by atoms with Crippen molar-refractivity contribution >= 4 is 29.1 Å². The highest BCUT2D eigenvalue weighted by Crippen LogP contribution is 2.30. The summed E-state index contributed by atoms with van der Waals surface area (Å²) in [7, 11) is 0. The Hall–Kier alpha value is -3.33. The van der Waals surface area contributed by atoms with Gasteiger partial charge in [-0.2, -0.15) is 13.2 Å². The van der Waals surface area contributed by atoms with Crippen LogP contribution in [0.5, 0.6) is 0 Å². The molecule has 1 N–H and O–H groups in total. The molecule has 0 bridgehead atoms. The minimum atomic E-state index is -4.41. The number of carbonyl (C=O) groups is 1. The number of piperazine rings is 1. The summed E-state index contributed by atoms with van der Waals surface area (Å²) in [5.41, 5.74) is 1.21. The van der Waals surface area contributed by atoms with Gasteiger partial charge >= 0.3 is 12.2 Å². The lowest BCUT2D eigenvalue weighted by Gasteiger charge is -2.35. The van der Waals surface area contributed by atoms with Crippen molar-refractivity contribution in [3.63, 3.8) is 0 Å². The molecule has 0 spiro atoms. The monoisotopic (exact) mass is 461 g/mol. The fourth-order valence-corrected chi connectivity index (χ4v) is 3.48. The quantitative estimate of drug-likeness (QED) is 0.584. The molecule has 1 aromatic heterocycles. The first-order valence-corrected chi connectivity index (χ1v) is 10.3. The number of aromatic nitrogens is 2. The largest absolute Gasteiger partial charge is 0.416 e. The standard InChI is InChI=1S/C22H19ClF3N5O/c23-17-5-1-15(2-6-17)19-9-10-20(29-28-19)30-11-13-31(14-12-30)21(32)27-18-7-3-16(4-8-18)22(24,25)26/h1-10H,11-14H2,(H,27,32). The molecule has 4 rings (SSSR count). The summed E-state index contributed by atoms with van der Waals surface area (Å²) in [4.78, 5) is 16.1. The molecule has 6 nitrogen and oxygen atoms in total.